The van der Waals surface area contributed by atoms with Gasteiger partial charge in [0.25, 0.3) is 0 Å². The molecule has 5 heteroatoms. The second-order valence-corrected chi connectivity index (χ2v) is 7.88. The summed E-state index contributed by atoms with van der Waals surface area (Å²) in [6.45, 7) is 7.71. The van der Waals surface area contributed by atoms with Gasteiger partial charge in [0.2, 0.25) is 0 Å². The van der Waals surface area contributed by atoms with Crippen molar-refractivity contribution in [2.24, 2.45) is 5.41 Å². The van der Waals surface area contributed by atoms with E-state index in [-0.39, 0.29) is 5.78 Å². The van der Waals surface area contributed by atoms with Crippen molar-refractivity contribution in [1.29, 1.82) is 0 Å². The van der Waals surface area contributed by atoms with Crippen LogP contribution in [-0.2, 0) is 19.6 Å². The van der Waals surface area contributed by atoms with E-state index in [1.165, 1.54) is 0 Å². The first-order chi connectivity index (χ1) is 13.4. The number of hydrogen-bond donors (Lipinski definition) is 0. The smallest absolute Gasteiger partial charge is 0.186 e. The topological polar surface area (TPSA) is 59.0 Å². The molecule has 28 heavy (non-hydrogen) atoms. The first kappa shape index (κ1) is 19.8. The van der Waals surface area contributed by atoms with Crippen LogP contribution >= 0.6 is 0 Å². The molecule has 0 saturated carbocycles. The summed E-state index contributed by atoms with van der Waals surface area (Å²) in [5, 5.41) is 0. The van der Waals surface area contributed by atoms with Crippen molar-refractivity contribution in [1.82, 2.24) is 19.9 Å². The fourth-order valence-corrected chi connectivity index (χ4v) is 2.92. The maximum Gasteiger partial charge on any atom is 0.186 e. The van der Waals surface area contributed by atoms with Gasteiger partial charge in [0, 0.05) is 37.4 Å². The minimum absolute atomic E-state index is 0.0513. The van der Waals surface area contributed by atoms with Crippen LogP contribution < -0.4 is 0 Å². The van der Waals surface area contributed by atoms with Crippen molar-refractivity contribution in [2.45, 2.75) is 40.4 Å². The van der Waals surface area contributed by atoms with Gasteiger partial charge in [-0.1, -0.05) is 39.0 Å². The fraction of sp³-hybridized carbons (Fsp3) is 0.304. The summed E-state index contributed by atoms with van der Waals surface area (Å²) in [5.41, 5.74) is 2.90. The zero-order chi connectivity index (χ0) is 20.0. The van der Waals surface area contributed by atoms with E-state index in [2.05, 4.69) is 19.9 Å². The van der Waals surface area contributed by atoms with Crippen molar-refractivity contribution >= 4 is 5.78 Å². The molecule has 0 radical (unpaired) electrons. The van der Waals surface area contributed by atoms with Crippen LogP contribution in [-0.4, -0.2) is 25.6 Å². The molecule has 144 valence electrons. The van der Waals surface area contributed by atoms with Crippen LogP contribution in [0.5, 0.6) is 0 Å². The normalized spacial score (nSPS) is 11.6. The predicted molar refractivity (Wildman–Crippen MR) is 109 cm³/mol. The maximum absolute atomic E-state index is 12.6. The van der Waals surface area contributed by atoms with Gasteiger partial charge in [-0.3, -0.25) is 19.7 Å². The van der Waals surface area contributed by atoms with Gasteiger partial charge in [-0.25, -0.2) is 4.98 Å². The highest BCUT2D eigenvalue weighted by Crippen LogP contribution is 2.20. The number of carbonyl (C=O) groups excluding carboxylic acids is 1. The minimum atomic E-state index is -0.451. The number of ketones is 1. The molecular formula is C23H26N4O. The lowest BCUT2D eigenvalue weighted by Gasteiger charge is -2.22. The fourth-order valence-electron chi connectivity index (χ4n) is 2.92. The highest BCUT2D eigenvalue weighted by atomic mass is 16.1. The second kappa shape index (κ2) is 8.85. The van der Waals surface area contributed by atoms with Gasteiger partial charge in [-0.2, -0.15) is 0 Å². The van der Waals surface area contributed by atoms with E-state index in [0.717, 1.165) is 17.1 Å². The van der Waals surface area contributed by atoms with E-state index in [1.54, 1.807) is 18.5 Å². The predicted octanol–water partition coefficient (Wildman–Crippen LogP) is 4.30. The van der Waals surface area contributed by atoms with Gasteiger partial charge in [0.1, 0.15) is 5.69 Å². The third kappa shape index (κ3) is 5.54. The molecule has 0 N–H and O–H groups in total. The van der Waals surface area contributed by atoms with Crippen LogP contribution in [0.15, 0.2) is 67.0 Å². The largest absolute Gasteiger partial charge is 0.292 e. The van der Waals surface area contributed by atoms with E-state index in [9.17, 15) is 4.79 Å². The van der Waals surface area contributed by atoms with Crippen molar-refractivity contribution in [2.75, 3.05) is 0 Å². The quantitative estimate of drug-likeness (QED) is 0.577. The number of hydrogen-bond acceptors (Lipinski definition) is 5. The van der Waals surface area contributed by atoms with Gasteiger partial charge >= 0.3 is 0 Å². The molecular weight excluding hydrogens is 348 g/mol. The average Bonchev–Trinajstić information content (AvgIpc) is 2.68. The molecule has 0 bridgehead atoms. The summed E-state index contributed by atoms with van der Waals surface area (Å²) in [4.78, 5) is 28.3. The molecule has 0 aromatic carbocycles. The first-order valence-corrected chi connectivity index (χ1v) is 9.45. The molecule has 0 aliphatic rings. The zero-order valence-electron chi connectivity index (χ0n) is 16.7. The Balaban J connectivity index is 1.81. The minimum Gasteiger partial charge on any atom is -0.292 e. The molecule has 3 heterocycles. The number of Topliss-reactive ketones (excluding diaryl/α,β-unsaturated/α-hetero) is 1. The van der Waals surface area contributed by atoms with Crippen LogP contribution in [0.2, 0.25) is 0 Å². The van der Waals surface area contributed by atoms with Gasteiger partial charge in [-0.15, -0.1) is 0 Å². The summed E-state index contributed by atoms with van der Waals surface area (Å²) in [5.74, 6) is 0.0513. The standard InChI is InChI=1S/C23H26N4O/c1-23(2,3)22(28)21-12-8-11-20(26-21)17-27(15-18-9-4-6-13-24-18)16-19-10-5-7-14-25-19/h4-14H,15-17H2,1-3H3. The Morgan fingerprint density at radius 3 is 1.82 bits per heavy atom. The van der Waals surface area contributed by atoms with E-state index >= 15 is 0 Å². The molecule has 3 rings (SSSR count). The highest BCUT2D eigenvalue weighted by molar-refractivity contribution is 5.98. The monoisotopic (exact) mass is 374 g/mol. The Labute approximate surface area is 166 Å². The first-order valence-electron chi connectivity index (χ1n) is 9.45. The average molecular weight is 374 g/mol. The molecule has 0 unspecified atom stereocenters. The van der Waals surface area contributed by atoms with Crippen molar-refractivity contribution < 1.29 is 4.79 Å². The van der Waals surface area contributed by atoms with E-state index in [4.69, 9.17) is 0 Å². The number of carbonyl (C=O) groups is 1. The summed E-state index contributed by atoms with van der Waals surface area (Å²) in [6, 6.07) is 17.5. The molecule has 0 atom stereocenters. The number of pyridine rings is 3. The lowest BCUT2D eigenvalue weighted by Crippen LogP contribution is -2.25. The molecule has 3 aromatic rings. The molecule has 0 saturated heterocycles. The molecule has 0 aliphatic heterocycles. The van der Waals surface area contributed by atoms with Crippen molar-refractivity contribution in [3.63, 3.8) is 0 Å². The molecule has 5 nitrogen and oxygen atoms in total. The SMILES string of the molecule is CC(C)(C)C(=O)c1cccc(CN(Cc2ccccn2)Cc2ccccn2)n1. The number of rotatable bonds is 7. The molecule has 0 fully saturated rings. The Morgan fingerprint density at radius 1 is 0.786 bits per heavy atom. The summed E-state index contributed by atoms with van der Waals surface area (Å²) < 4.78 is 0. The third-order valence-electron chi connectivity index (χ3n) is 4.33. The zero-order valence-corrected chi connectivity index (χ0v) is 16.7. The van der Waals surface area contributed by atoms with Crippen LogP contribution in [0.25, 0.3) is 0 Å². The Morgan fingerprint density at radius 2 is 1.32 bits per heavy atom. The van der Waals surface area contributed by atoms with Gasteiger partial charge < -0.3 is 0 Å². The van der Waals surface area contributed by atoms with Gasteiger partial charge in [0.05, 0.1) is 17.1 Å². The maximum atomic E-state index is 12.6. The lowest BCUT2D eigenvalue weighted by atomic mass is 9.89. The molecule has 0 aliphatic carbocycles. The van der Waals surface area contributed by atoms with Gasteiger partial charge in [-0.05, 0) is 36.4 Å². The van der Waals surface area contributed by atoms with E-state index in [0.29, 0.717) is 25.3 Å². The molecule has 0 spiro atoms. The van der Waals surface area contributed by atoms with Crippen LogP contribution in [0.1, 0.15) is 48.3 Å². The summed E-state index contributed by atoms with van der Waals surface area (Å²) >= 11 is 0. The Kier molecular flexibility index (Phi) is 6.26. The number of aromatic nitrogens is 3. The van der Waals surface area contributed by atoms with Crippen molar-refractivity contribution in [3.05, 3.63) is 89.8 Å². The van der Waals surface area contributed by atoms with E-state index in [1.807, 2.05) is 69.3 Å². The second-order valence-electron chi connectivity index (χ2n) is 7.88. The summed E-state index contributed by atoms with van der Waals surface area (Å²) in [6.07, 6.45) is 3.60. The third-order valence-corrected chi connectivity index (χ3v) is 4.33. The van der Waals surface area contributed by atoms with E-state index < -0.39 is 5.41 Å². The molecule has 3 aromatic heterocycles. The summed E-state index contributed by atoms with van der Waals surface area (Å²) in [7, 11) is 0. The Hall–Kier alpha value is -2.92. The van der Waals surface area contributed by atoms with Crippen LogP contribution in [0, 0.1) is 5.41 Å². The number of nitrogens with zero attached hydrogens (tertiary/aromatic N) is 4. The van der Waals surface area contributed by atoms with Crippen LogP contribution in [0.4, 0.5) is 0 Å². The van der Waals surface area contributed by atoms with Crippen LogP contribution in [0.3, 0.4) is 0 Å². The Bertz CT molecular complexity index is 863. The highest BCUT2D eigenvalue weighted by Gasteiger charge is 2.24. The molecule has 0 amide bonds. The van der Waals surface area contributed by atoms with Gasteiger partial charge in [0.15, 0.2) is 5.78 Å². The lowest BCUT2D eigenvalue weighted by molar-refractivity contribution is 0.0852. The van der Waals surface area contributed by atoms with Crippen molar-refractivity contribution in [3.8, 4) is 0 Å².